The normalized spacial score (nSPS) is 13.9. The molecule has 0 saturated carbocycles. The first-order chi connectivity index (χ1) is 7.96. The molecule has 1 rings (SSSR count). The molecule has 1 N–H and O–H groups in total. The van der Waals surface area contributed by atoms with Crippen LogP contribution in [0.25, 0.3) is 0 Å². The highest BCUT2D eigenvalue weighted by Crippen LogP contribution is 2.18. The highest BCUT2D eigenvalue weighted by molar-refractivity contribution is 5.04. The molecule has 17 heavy (non-hydrogen) atoms. The van der Waals surface area contributed by atoms with Crippen molar-refractivity contribution in [2.75, 3.05) is 14.2 Å². The predicted octanol–water partition coefficient (Wildman–Crippen LogP) is 1.76. The van der Waals surface area contributed by atoms with Gasteiger partial charge in [-0.15, -0.1) is 0 Å². The number of nitrogens with one attached hydrogen (secondary N) is 1. The largest absolute Gasteiger partial charge is 0.379 e. The van der Waals surface area contributed by atoms with Crippen LogP contribution in [0.1, 0.15) is 32.3 Å². The first-order valence-electron chi connectivity index (χ1n) is 6.17. The van der Waals surface area contributed by atoms with Gasteiger partial charge in [-0.2, -0.15) is 5.10 Å². The Morgan fingerprint density at radius 1 is 1.53 bits per heavy atom. The first-order valence-corrected chi connectivity index (χ1v) is 6.17. The highest BCUT2D eigenvalue weighted by Gasteiger charge is 2.21. The monoisotopic (exact) mass is 239 g/mol. The van der Waals surface area contributed by atoms with E-state index in [1.807, 2.05) is 25.0 Å². The number of rotatable bonds is 7. The second kappa shape index (κ2) is 6.17. The average molecular weight is 239 g/mol. The average Bonchev–Trinajstić information content (AvgIpc) is 2.70. The molecule has 1 aromatic heterocycles. The number of methoxy groups -OCH3 is 1. The van der Waals surface area contributed by atoms with Crippen molar-refractivity contribution >= 4 is 0 Å². The Labute approximate surface area is 104 Å². The minimum Gasteiger partial charge on any atom is -0.379 e. The zero-order valence-corrected chi connectivity index (χ0v) is 11.7. The van der Waals surface area contributed by atoms with E-state index in [1.165, 1.54) is 5.56 Å². The molecule has 0 spiro atoms. The van der Waals surface area contributed by atoms with Crippen molar-refractivity contribution in [2.24, 2.45) is 7.05 Å². The van der Waals surface area contributed by atoms with Crippen LogP contribution in [-0.4, -0.2) is 35.6 Å². The molecule has 0 aromatic carbocycles. The van der Waals surface area contributed by atoms with Gasteiger partial charge in [0, 0.05) is 26.4 Å². The molecule has 0 fully saturated rings. The summed E-state index contributed by atoms with van der Waals surface area (Å²) >= 11 is 0. The fraction of sp³-hybridized carbons (Fsp3) is 0.769. The van der Waals surface area contributed by atoms with E-state index in [0.717, 1.165) is 19.3 Å². The van der Waals surface area contributed by atoms with Gasteiger partial charge in [-0.05, 0) is 45.7 Å². The predicted molar refractivity (Wildman–Crippen MR) is 70.1 cm³/mol. The van der Waals surface area contributed by atoms with Crippen molar-refractivity contribution in [1.29, 1.82) is 0 Å². The lowest BCUT2D eigenvalue weighted by Gasteiger charge is -2.28. The zero-order chi connectivity index (χ0) is 12.9. The minimum atomic E-state index is -0.0669. The van der Waals surface area contributed by atoms with Gasteiger partial charge in [0.05, 0.1) is 11.8 Å². The number of aromatic nitrogens is 2. The van der Waals surface area contributed by atoms with Gasteiger partial charge < -0.3 is 10.1 Å². The Kier molecular flexibility index (Phi) is 5.15. The quantitative estimate of drug-likeness (QED) is 0.788. The molecule has 0 amide bonds. The molecule has 0 aliphatic rings. The van der Waals surface area contributed by atoms with Crippen LogP contribution >= 0.6 is 0 Å². The summed E-state index contributed by atoms with van der Waals surface area (Å²) in [5.74, 6) is 0. The summed E-state index contributed by atoms with van der Waals surface area (Å²) in [4.78, 5) is 0. The lowest BCUT2D eigenvalue weighted by molar-refractivity contribution is 0.00703. The first kappa shape index (κ1) is 14.2. The highest BCUT2D eigenvalue weighted by atomic mass is 16.5. The Bertz CT molecular complexity index is 333. The second-order valence-corrected chi connectivity index (χ2v) is 5.21. The van der Waals surface area contributed by atoms with Crippen LogP contribution in [0.4, 0.5) is 0 Å². The van der Waals surface area contributed by atoms with Crippen LogP contribution in [-0.2, 0) is 18.2 Å². The fourth-order valence-electron chi connectivity index (χ4n) is 1.97. The van der Waals surface area contributed by atoms with E-state index in [4.69, 9.17) is 4.74 Å². The third-order valence-electron chi connectivity index (χ3n) is 3.24. The van der Waals surface area contributed by atoms with E-state index in [1.54, 1.807) is 7.11 Å². The molecule has 0 aliphatic carbocycles. The summed E-state index contributed by atoms with van der Waals surface area (Å²) in [6.45, 7) is 4.25. The molecule has 1 aromatic rings. The van der Waals surface area contributed by atoms with E-state index in [-0.39, 0.29) is 5.60 Å². The van der Waals surface area contributed by atoms with Gasteiger partial charge in [-0.1, -0.05) is 0 Å². The third-order valence-corrected chi connectivity index (χ3v) is 3.24. The topological polar surface area (TPSA) is 39.1 Å². The van der Waals surface area contributed by atoms with Crippen molar-refractivity contribution in [2.45, 2.75) is 44.8 Å². The Morgan fingerprint density at radius 3 is 2.71 bits per heavy atom. The Hall–Kier alpha value is -0.870. The van der Waals surface area contributed by atoms with Gasteiger partial charge in [0.1, 0.15) is 0 Å². The molecule has 4 heteroatoms. The summed E-state index contributed by atoms with van der Waals surface area (Å²) in [6, 6.07) is 0.477. The van der Waals surface area contributed by atoms with Crippen molar-refractivity contribution in [1.82, 2.24) is 15.1 Å². The van der Waals surface area contributed by atoms with Crippen LogP contribution in [0, 0.1) is 0 Å². The van der Waals surface area contributed by atoms with Crippen LogP contribution in [0.3, 0.4) is 0 Å². The van der Waals surface area contributed by atoms with Gasteiger partial charge in [-0.3, -0.25) is 4.68 Å². The van der Waals surface area contributed by atoms with Crippen LogP contribution in [0.15, 0.2) is 12.4 Å². The maximum absolute atomic E-state index is 5.47. The maximum Gasteiger partial charge on any atom is 0.0637 e. The SMILES string of the molecule is CNC(CCc1cnn(C)c1)CC(C)(C)OC. The summed E-state index contributed by atoms with van der Waals surface area (Å²) in [5, 5.41) is 7.55. The Morgan fingerprint density at radius 2 is 2.24 bits per heavy atom. The van der Waals surface area contributed by atoms with E-state index in [0.29, 0.717) is 6.04 Å². The Balaban J connectivity index is 2.42. The van der Waals surface area contributed by atoms with E-state index >= 15 is 0 Å². The van der Waals surface area contributed by atoms with Crippen LogP contribution in [0.2, 0.25) is 0 Å². The summed E-state index contributed by atoms with van der Waals surface area (Å²) in [7, 11) is 5.74. The molecule has 0 bridgehead atoms. The molecule has 0 saturated heterocycles. The zero-order valence-electron chi connectivity index (χ0n) is 11.7. The van der Waals surface area contributed by atoms with Gasteiger partial charge >= 0.3 is 0 Å². The van der Waals surface area contributed by atoms with Gasteiger partial charge in [0.25, 0.3) is 0 Å². The van der Waals surface area contributed by atoms with E-state index in [9.17, 15) is 0 Å². The molecule has 98 valence electrons. The fourth-order valence-corrected chi connectivity index (χ4v) is 1.97. The van der Waals surface area contributed by atoms with Crippen molar-refractivity contribution < 1.29 is 4.74 Å². The van der Waals surface area contributed by atoms with E-state index < -0.39 is 0 Å². The third kappa shape index (κ3) is 4.88. The van der Waals surface area contributed by atoms with Gasteiger partial charge in [0.2, 0.25) is 0 Å². The smallest absolute Gasteiger partial charge is 0.0637 e. The molecule has 4 nitrogen and oxygen atoms in total. The minimum absolute atomic E-state index is 0.0669. The van der Waals surface area contributed by atoms with Crippen LogP contribution < -0.4 is 5.32 Å². The molecule has 1 atom stereocenters. The van der Waals surface area contributed by atoms with Crippen molar-refractivity contribution in [3.63, 3.8) is 0 Å². The number of nitrogens with zero attached hydrogens (tertiary/aromatic N) is 2. The molecular formula is C13H25N3O. The van der Waals surface area contributed by atoms with Gasteiger partial charge in [-0.25, -0.2) is 0 Å². The second-order valence-electron chi connectivity index (χ2n) is 5.21. The number of hydrogen-bond acceptors (Lipinski definition) is 3. The molecule has 1 heterocycles. The molecule has 1 unspecified atom stereocenters. The number of hydrogen-bond donors (Lipinski definition) is 1. The standard InChI is InChI=1S/C13H25N3O/c1-13(2,17-5)8-12(14-3)7-6-11-9-15-16(4)10-11/h9-10,12,14H,6-8H2,1-5H3. The van der Waals surface area contributed by atoms with Crippen molar-refractivity contribution in [3.05, 3.63) is 18.0 Å². The molecule has 0 aliphatic heterocycles. The maximum atomic E-state index is 5.47. The molecule has 0 radical (unpaired) electrons. The lowest BCUT2D eigenvalue weighted by atomic mass is 9.95. The van der Waals surface area contributed by atoms with E-state index in [2.05, 4.69) is 30.5 Å². The summed E-state index contributed by atoms with van der Waals surface area (Å²) in [5.41, 5.74) is 1.23. The number of ether oxygens (including phenoxy) is 1. The van der Waals surface area contributed by atoms with Gasteiger partial charge in [0.15, 0.2) is 0 Å². The molecular weight excluding hydrogens is 214 g/mol. The summed E-state index contributed by atoms with van der Waals surface area (Å²) < 4.78 is 7.32. The van der Waals surface area contributed by atoms with Crippen LogP contribution in [0.5, 0.6) is 0 Å². The summed E-state index contributed by atoms with van der Waals surface area (Å²) in [6.07, 6.45) is 7.19. The van der Waals surface area contributed by atoms with Crippen molar-refractivity contribution in [3.8, 4) is 0 Å². The number of aryl methyl sites for hydroxylation is 2. The lowest BCUT2D eigenvalue weighted by Crippen LogP contribution is -2.36.